The van der Waals surface area contributed by atoms with E-state index >= 15 is 0 Å². The van der Waals surface area contributed by atoms with E-state index in [4.69, 9.17) is 32.7 Å². The Morgan fingerprint density at radius 2 is 1.88 bits per heavy atom. The quantitative estimate of drug-likeness (QED) is 0.289. The predicted octanol–water partition coefficient (Wildman–Crippen LogP) is 5.22. The first kappa shape index (κ1) is 28.0. The van der Waals surface area contributed by atoms with Gasteiger partial charge in [-0.05, 0) is 19.1 Å². The minimum Gasteiger partial charge on any atom is -0.493 e. The largest absolute Gasteiger partial charge is 0.493 e. The maximum absolute atomic E-state index is 11.8. The number of hydrogen-bond acceptors (Lipinski definition) is 9. The van der Waals surface area contributed by atoms with E-state index in [9.17, 15) is 13.7 Å². The molecule has 0 radical (unpaired) electrons. The molecular weight excluding hydrogens is 575 g/mol. The van der Waals surface area contributed by atoms with Crippen LogP contribution in [0.1, 0.15) is 31.1 Å². The molecule has 0 bridgehead atoms. The number of anilines is 1. The lowest BCUT2D eigenvalue weighted by molar-refractivity contribution is 0.216. The maximum atomic E-state index is 11.8. The van der Waals surface area contributed by atoms with Crippen molar-refractivity contribution in [1.82, 2.24) is 20.2 Å². The fraction of sp³-hybridized carbons (Fsp3) is 0.333. The number of rotatable bonds is 8. The Balaban J connectivity index is 1.46. The minimum atomic E-state index is -3.12. The SMILES string of the molecule is COc1cc2[nH]nc(-c3cnc(N4CC(C)(CS(C)(=O)=O)C4)c(C#N)c3)c2cc1O[C@H](C)c1c(Cl)cncc1Cl. The normalized spacial score (nSPS) is 15.4. The number of fused-ring (bicyclic) bond motifs is 1. The van der Waals surface area contributed by atoms with Crippen LogP contribution < -0.4 is 14.4 Å². The van der Waals surface area contributed by atoms with Crippen molar-refractivity contribution in [3.8, 4) is 28.8 Å². The van der Waals surface area contributed by atoms with Gasteiger partial charge in [-0.15, -0.1) is 0 Å². The molecule has 4 heterocycles. The molecule has 1 aliphatic rings. The van der Waals surface area contributed by atoms with Crippen LogP contribution in [0.5, 0.6) is 11.5 Å². The monoisotopic (exact) mass is 600 g/mol. The number of nitrogens with zero attached hydrogens (tertiary/aromatic N) is 5. The van der Waals surface area contributed by atoms with Crippen LogP contribution in [-0.4, -0.2) is 60.8 Å². The number of nitriles is 1. The van der Waals surface area contributed by atoms with Crippen LogP contribution >= 0.6 is 23.2 Å². The highest BCUT2D eigenvalue weighted by atomic mass is 35.5. The van der Waals surface area contributed by atoms with Gasteiger partial charge in [0.05, 0.1) is 34.0 Å². The van der Waals surface area contributed by atoms with Crippen molar-refractivity contribution < 1.29 is 17.9 Å². The van der Waals surface area contributed by atoms with Crippen molar-refractivity contribution in [3.63, 3.8) is 0 Å². The van der Waals surface area contributed by atoms with E-state index in [-0.39, 0.29) is 11.2 Å². The zero-order chi connectivity index (χ0) is 28.8. The molecule has 1 fully saturated rings. The molecule has 0 aliphatic carbocycles. The van der Waals surface area contributed by atoms with Crippen LogP contribution in [0, 0.1) is 16.7 Å². The molecule has 40 heavy (non-hydrogen) atoms. The second kappa shape index (κ2) is 10.4. The van der Waals surface area contributed by atoms with Crippen molar-refractivity contribution in [2.24, 2.45) is 5.41 Å². The van der Waals surface area contributed by atoms with Crippen molar-refractivity contribution in [3.05, 3.63) is 58.0 Å². The fourth-order valence-corrected chi connectivity index (χ4v) is 7.35. The molecule has 1 atom stereocenters. The molecule has 1 aliphatic heterocycles. The van der Waals surface area contributed by atoms with Crippen LogP contribution in [0.25, 0.3) is 22.2 Å². The van der Waals surface area contributed by atoms with Crippen molar-refractivity contribution >= 4 is 49.8 Å². The topological polar surface area (TPSA) is 134 Å². The summed E-state index contributed by atoms with van der Waals surface area (Å²) in [5.74, 6) is 1.53. The zero-order valence-electron chi connectivity index (χ0n) is 22.2. The number of ether oxygens (including phenoxy) is 2. The molecule has 1 N–H and O–H groups in total. The molecule has 5 rings (SSSR count). The standard InChI is InChI=1S/C27H26Cl2N6O4S/c1-15(24-19(28)10-31-11-20(24)29)39-23-6-18-21(7-22(23)38-3)33-34-25(18)17-5-16(8-30)26(32-9-17)35-12-27(2,13-35)14-40(4,36)37/h5-7,9-11,15H,12-14H2,1-4H3,(H,33,34)/t15-/m1/s1. The number of sulfone groups is 1. The Morgan fingerprint density at radius 3 is 2.50 bits per heavy atom. The number of nitrogens with one attached hydrogen (secondary N) is 1. The summed E-state index contributed by atoms with van der Waals surface area (Å²) in [7, 11) is -1.57. The minimum absolute atomic E-state index is 0.0851. The van der Waals surface area contributed by atoms with Gasteiger partial charge in [-0.3, -0.25) is 10.1 Å². The molecule has 3 aromatic heterocycles. The van der Waals surface area contributed by atoms with Gasteiger partial charge >= 0.3 is 0 Å². The van der Waals surface area contributed by atoms with Gasteiger partial charge in [0, 0.05) is 65.9 Å². The lowest BCUT2D eigenvalue weighted by atomic mass is 9.84. The van der Waals surface area contributed by atoms with Gasteiger partial charge in [0.15, 0.2) is 11.5 Å². The number of H-pyrrole nitrogens is 1. The van der Waals surface area contributed by atoms with Crippen molar-refractivity contribution in [1.29, 1.82) is 5.26 Å². The highest BCUT2D eigenvalue weighted by Gasteiger charge is 2.42. The lowest BCUT2D eigenvalue weighted by Gasteiger charge is -2.48. The van der Waals surface area contributed by atoms with Gasteiger partial charge in [-0.1, -0.05) is 30.1 Å². The highest BCUT2D eigenvalue weighted by Crippen LogP contribution is 2.41. The van der Waals surface area contributed by atoms with Crippen molar-refractivity contribution in [2.75, 3.05) is 37.1 Å². The zero-order valence-corrected chi connectivity index (χ0v) is 24.5. The number of hydrogen-bond donors (Lipinski definition) is 1. The van der Waals surface area contributed by atoms with E-state index in [0.717, 1.165) is 5.39 Å². The van der Waals surface area contributed by atoms with Gasteiger partial charge in [-0.2, -0.15) is 10.4 Å². The Bertz CT molecular complexity index is 1740. The average molecular weight is 602 g/mol. The molecule has 1 saturated heterocycles. The van der Waals surface area contributed by atoms with E-state index in [2.05, 4.69) is 26.2 Å². The van der Waals surface area contributed by atoms with Gasteiger partial charge in [0.2, 0.25) is 0 Å². The Labute approximate surface area is 241 Å². The molecule has 4 aromatic rings. The Hall–Kier alpha value is -3.59. The van der Waals surface area contributed by atoms with Crippen LogP contribution in [0.2, 0.25) is 10.0 Å². The van der Waals surface area contributed by atoms with E-state index in [0.29, 0.717) is 68.4 Å². The van der Waals surface area contributed by atoms with Crippen LogP contribution in [0.3, 0.4) is 0 Å². The summed E-state index contributed by atoms with van der Waals surface area (Å²) >= 11 is 12.7. The van der Waals surface area contributed by atoms with Crippen molar-refractivity contribution in [2.45, 2.75) is 20.0 Å². The summed E-state index contributed by atoms with van der Waals surface area (Å²) in [6, 6.07) is 7.53. The van der Waals surface area contributed by atoms with Gasteiger partial charge < -0.3 is 14.4 Å². The lowest BCUT2D eigenvalue weighted by Crippen LogP contribution is -2.58. The Kier molecular flexibility index (Phi) is 7.29. The third kappa shape index (κ3) is 5.39. The maximum Gasteiger partial charge on any atom is 0.162 e. The molecule has 0 amide bonds. The first-order chi connectivity index (χ1) is 18.9. The van der Waals surface area contributed by atoms with E-state index in [1.165, 1.54) is 18.6 Å². The summed E-state index contributed by atoms with van der Waals surface area (Å²) in [6.07, 6.45) is 5.39. The molecule has 10 nitrogen and oxygen atoms in total. The van der Waals surface area contributed by atoms with Crippen LogP contribution in [0.4, 0.5) is 5.82 Å². The highest BCUT2D eigenvalue weighted by molar-refractivity contribution is 7.90. The van der Waals surface area contributed by atoms with Crippen LogP contribution in [0.15, 0.2) is 36.8 Å². The fourth-order valence-electron chi connectivity index (χ4n) is 5.23. The van der Waals surface area contributed by atoms with E-state index in [1.807, 2.05) is 18.7 Å². The first-order valence-corrected chi connectivity index (χ1v) is 15.1. The molecule has 0 saturated carbocycles. The number of benzene rings is 1. The number of aromatic amines is 1. The molecule has 13 heteroatoms. The smallest absolute Gasteiger partial charge is 0.162 e. The second-order valence-corrected chi connectivity index (χ2v) is 13.3. The number of methoxy groups -OCH3 is 1. The summed E-state index contributed by atoms with van der Waals surface area (Å²) in [5.41, 5.74) is 2.51. The number of pyridine rings is 2. The first-order valence-electron chi connectivity index (χ1n) is 12.3. The van der Waals surface area contributed by atoms with Gasteiger partial charge in [0.25, 0.3) is 0 Å². The second-order valence-electron chi connectivity index (χ2n) is 10.3. The van der Waals surface area contributed by atoms with Gasteiger partial charge in [0.1, 0.15) is 33.5 Å². The molecule has 0 unspecified atom stereocenters. The van der Waals surface area contributed by atoms with E-state index in [1.54, 1.807) is 31.5 Å². The summed E-state index contributed by atoms with van der Waals surface area (Å²) in [6.45, 7) is 4.74. The summed E-state index contributed by atoms with van der Waals surface area (Å²) < 4.78 is 35.4. The third-order valence-corrected chi connectivity index (χ3v) is 8.59. The van der Waals surface area contributed by atoms with E-state index < -0.39 is 15.9 Å². The molecule has 0 spiro atoms. The molecule has 1 aromatic carbocycles. The Morgan fingerprint density at radius 1 is 1.18 bits per heavy atom. The van der Waals surface area contributed by atoms with Gasteiger partial charge in [-0.25, -0.2) is 13.4 Å². The summed E-state index contributed by atoms with van der Waals surface area (Å²) in [4.78, 5) is 10.5. The summed E-state index contributed by atoms with van der Waals surface area (Å²) in [5, 5.41) is 18.9. The van der Waals surface area contributed by atoms with Crippen LogP contribution in [-0.2, 0) is 9.84 Å². The third-order valence-electron chi connectivity index (χ3n) is 6.76. The molecule has 208 valence electrons. The molecular formula is C27H26Cl2N6O4S. The average Bonchev–Trinajstić information content (AvgIpc) is 3.28. The number of aromatic nitrogens is 4. The predicted molar refractivity (Wildman–Crippen MR) is 154 cm³/mol. The number of halogens is 2.